The zero-order valence-corrected chi connectivity index (χ0v) is 10.5. The van der Waals surface area contributed by atoms with Gasteiger partial charge in [0.1, 0.15) is 6.04 Å². The lowest BCUT2D eigenvalue weighted by molar-refractivity contribution is -0.141. The highest BCUT2D eigenvalue weighted by Crippen LogP contribution is 2.27. The van der Waals surface area contributed by atoms with Crippen LogP contribution in [0.25, 0.3) is 0 Å². The van der Waals surface area contributed by atoms with Crippen LogP contribution in [0.15, 0.2) is 18.2 Å². The minimum absolute atomic E-state index is 0.188. The first-order valence-electron chi connectivity index (χ1n) is 6.41. The molecule has 0 saturated carbocycles. The van der Waals surface area contributed by atoms with Gasteiger partial charge in [-0.2, -0.15) is 0 Å². The van der Waals surface area contributed by atoms with E-state index in [0.717, 1.165) is 17.5 Å². The Morgan fingerprint density at radius 2 is 2.16 bits per heavy atom. The van der Waals surface area contributed by atoms with E-state index in [-0.39, 0.29) is 5.91 Å². The molecule has 2 aliphatic rings. The van der Waals surface area contributed by atoms with Crippen molar-refractivity contribution in [3.63, 3.8) is 0 Å². The van der Waals surface area contributed by atoms with E-state index in [1.165, 1.54) is 4.90 Å². The average Bonchev–Trinajstić information content (AvgIpc) is 3.05. The van der Waals surface area contributed by atoms with Crippen LogP contribution in [0.3, 0.4) is 0 Å². The highest BCUT2D eigenvalue weighted by Gasteiger charge is 2.35. The predicted molar refractivity (Wildman–Crippen MR) is 66.6 cm³/mol. The number of carbonyl (C=O) groups excluding carboxylic acids is 1. The minimum atomic E-state index is -0.922. The number of carboxylic acids is 1. The van der Waals surface area contributed by atoms with Gasteiger partial charge < -0.3 is 14.7 Å². The molecule has 1 aromatic carbocycles. The standard InChI is InChI=1S/C14H15NO4/c16-13(15-6-2-5-12(15)14(17)18)10-4-1-3-9-7-19-8-11(9)10/h1,3-4,12H,2,5-8H2,(H,17,18)/t12-/m0/s1. The number of rotatable bonds is 2. The van der Waals surface area contributed by atoms with E-state index >= 15 is 0 Å². The van der Waals surface area contributed by atoms with Gasteiger partial charge in [0.2, 0.25) is 0 Å². The molecule has 5 heteroatoms. The summed E-state index contributed by atoms with van der Waals surface area (Å²) in [6.07, 6.45) is 1.28. The number of likely N-dealkylation sites (tertiary alicyclic amines) is 1. The second kappa shape index (κ2) is 4.66. The molecule has 1 fully saturated rings. The smallest absolute Gasteiger partial charge is 0.326 e. The van der Waals surface area contributed by atoms with E-state index in [4.69, 9.17) is 9.84 Å². The molecule has 2 aliphatic heterocycles. The van der Waals surface area contributed by atoms with Crippen LogP contribution in [0, 0.1) is 0 Å². The van der Waals surface area contributed by atoms with Gasteiger partial charge in [0.05, 0.1) is 13.2 Å². The van der Waals surface area contributed by atoms with Crippen molar-refractivity contribution in [2.45, 2.75) is 32.1 Å². The van der Waals surface area contributed by atoms with Crippen molar-refractivity contribution in [3.8, 4) is 0 Å². The van der Waals surface area contributed by atoms with E-state index in [1.54, 1.807) is 6.07 Å². The molecule has 3 rings (SSSR count). The Morgan fingerprint density at radius 3 is 2.95 bits per heavy atom. The summed E-state index contributed by atoms with van der Waals surface area (Å²) in [5.41, 5.74) is 2.52. The number of hydrogen-bond donors (Lipinski definition) is 1. The first kappa shape index (κ1) is 12.2. The Morgan fingerprint density at radius 1 is 1.32 bits per heavy atom. The molecule has 1 N–H and O–H groups in total. The number of aliphatic carboxylic acids is 1. The summed E-state index contributed by atoms with van der Waals surface area (Å²) < 4.78 is 5.36. The number of carbonyl (C=O) groups is 2. The SMILES string of the molecule is O=C(O)[C@@H]1CCCN1C(=O)c1cccc2c1COC2. The van der Waals surface area contributed by atoms with Crippen LogP contribution in [0.1, 0.15) is 34.3 Å². The number of hydrogen-bond acceptors (Lipinski definition) is 3. The van der Waals surface area contributed by atoms with Crippen molar-refractivity contribution >= 4 is 11.9 Å². The van der Waals surface area contributed by atoms with Crippen LogP contribution in [-0.2, 0) is 22.7 Å². The maximum Gasteiger partial charge on any atom is 0.326 e. The largest absolute Gasteiger partial charge is 0.480 e. The summed E-state index contributed by atoms with van der Waals surface area (Å²) in [5, 5.41) is 9.15. The topological polar surface area (TPSA) is 66.8 Å². The van der Waals surface area contributed by atoms with Crippen molar-refractivity contribution in [1.29, 1.82) is 0 Å². The van der Waals surface area contributed by atoms with Crippen LogP contribution < -0.4 is 0 Å². The average molecular weight is 261 g/mol. The Hall–Kier alpha value is -1.88. The maximum absolute atomic E-state index is 12.5. The van der Waals surface area contributed by atoms with Gasteiger partial charge in [0.25, 0.3) is 5.91 Å². The van der Waals surface area contributed by atoms with Crippen molar-refractivity contribution < 1.29 is 19.4 Å². The molecule has 1 saturated heterocycles. The third kappa shape index (κ3) is 2.00. The summed E-state index contributed by atoms with van der Waals surface area (Å²) >= 11 is 0. The van der Waals surface area contributed by atoms with Gasteiger partial charge in [-0.05, 0) is 30.0 Å². The molecular formula is C14H15NO4. The van der Waals surface area contributed by atoms with E-state index in [2.05, 4.69) is 0 Å². The van der Waals surface area contributed by atoms with E-state index in [1.807, 2.05) is 12.1 Å². The third-order valence-electron chi connectivity index (χ3n) is 3.81. The molecule has 1 aromatic rings. The van der Waals surface area contributed by atoms with Gasteiger partial charge in [-0.15, -0.1) is 0 Å². The van der Waals surface area contributed by atoms with Crippen molar-refractivity contribution in [2.75, 3.05) is 6.54 Å². The summed E-state index contributed by atoms with van der Waals surface area (Å²) in [5.74, 6) is -1.11. The molecule has 100 valence electrons. The number of nitrogens with zero attached hydrogens (tertiary/aromatic N) is 1. The van der Waals surface area contributed by atoms with Gasteiger partial charge in [-0.1, -0.05) is 12.1 Å². The molecule has 0 aromatic heterocycles. The molecular weight excluding hydrogens is 246 g/mol. The van der Waals surface area contributed by atoms with Gasteiger partial charge in [0, 0.05) is 12.1 Å². The minimum Gasteiger partial charge on any atom is -0.480 e. The van der Waals surface area contributed by atoms with E-state index in [0.29, 0.717) is 31.7 Å². The lowest BCUT2D eigenvalue weighted by Crippen LogP contribution is -2.40. The summed E-state index contributed by atoms with van der Waals surface area (Å²) in [6, 6.07) is 4.84. The van der Waals surface area contributed by atoms with Gasteiger partial charge in [0.15, 0.2) is 0 Å². The quantitative estimate of drug-likeness (QED) is 0.874. The third-order valence-corrected chi connectivity index (χ3v) is 3.81. The summed E-state index contributed by atoms with van der Waals surface area (Å²) in [6.45, 7) is 1.47. The number of ether oxygens (including phenoxy) is 1. The van der Waals surface area contributed by atoms with Crippen LogP contribution in [0.2, 0.25) is 0 Å². The fourth-order valence-electron chi connectivity index (χ4n) is 2.82. The number of carboxylic acid groups (broad SMARTS) is 1. The fraction of sp³-hybridized carbons (Fsp3) is 0.429. The molecule has 1 atom stereocenters. The highest BCUT2D eigenvalue weighted by molar-refractivity contribution is 5.98. The summed E-state index contributed by atoms with van der Waals surface area (Å²) in [4.78, 5) is 25.2. The first-order chi connectivity index (χ1) is 9.18. The fourth-order valence-corrected chi connectivity index (χ4v) is 2.82. The molecule has 5 nitrogen and oxygen atoms in total. The maximum atomic E-state index is 12.5. The zero-order valence-electron chi connectivity index (χ0n) is 10.5. The molecule has 0 spiro atoms. The monoisotopic (exact) mass is 261 g/mol. The normalized spacial score (nSPS) is 21.5. The van der Waals surface area contributed by atoms with Crippen molar-refractivity contribution in [3.05, 3.63) is 34.9 Å². The molecule has 19 heavy (non-hydrogen) atoms. The Balaban J connectivity index is 1.92. The Kier molecular flexibility index (Phi) is 2.98. The number of amides is 1. The van der Waals surface area contributed by atoms with Crippen LogP contribution in [0.4, 0.5) is 0 Å². The van der Waals surface area contributed by atoms with Crippen LogP contribution in [0.5, 0.6) is 0 Å². The molecule has 0 radical (unpaired) electrons. The molecule has 0 aliphatic carbocycles. The van der Waals surface area contributed by atoms with Gasteiger partial charge in [-0.3, -0.25) is 4.79 Å². The number of fused-ring (bicyclic) bond motifs is 1. The van der Waals surface area contributed by atoms with E-state index < -0.39 is 12.0 Å². The molecule has 2 heterocycles. The van der Waals surface area contributed by atoms with E-state index in [9.17, 15) is 9.59 Å². The predicted octanol–water partition coefficient (Wildman–Crippen LogP) is 1.41. The Bertz CT molecular complexity index is 540. The van der Waals surface area contributed by atoms with Crippen molar-refractivity contribution in [1.82, 2.24) is 4.90 Å². The second-order valence-electron chi connectivity index (χ2n) is 4.93. The zero-order chi connectivity index (χ0) is 13.4. The molecule has 0 unspecified atom stereocenters. The second-order valence-corrected chi connectivity index (χ2v) is 4.93. The van der Waals surface area contributed by atoms with Crippen LogP contribution >= 0.6 is 0 Å². The first-order valence-corrected chi connectivity index (χ1v) is 6.41. The lowest BCUT2D eigenvalue weighted by Gasteiger charge is -2.22. The van der Waals surface area contributed by atoms with Crippen LogP contribution in [-0.4, -0.2) is 34.5 Å². The lowest BCUT2D eigenvalue weighted by atomic mass is 10.0. The number of benzene rings is 1. The molecule has 1 amide bonds. The highest BCUT2D eigenvalue weighted by atomic mass is 16.5. The van der Waals surface area contributed by atoms with Gasteiger partial charge in [-0.25, -0.2) is 4.79 Å². The Labute approximate surface area is 110 Å². The van der Waals surface area contributed by atoms with Crippen molar-refractivity contribution in [2.24, 2.45) is 0 Å². The summed E-state index contributed by atoms with van der Waals surface area (Å²) in [7, 11) is 0. The van der Waals surface area contributed by atoms with Gasteiger partial charge >= 0.3 is 5.97 Å². The molecule has 0 bridgehead atoms.